The first-order valence-electron chi connectivity index (χ1n) is 8.73. The van der Waals surface area contributed by atoms with Gasteiger partial charge in [-0.1, -0.05) is 12.1 Å². The zero-order valence-electron chi connectivity index (χ0n) is 14.7. The van der Waals surface area contributed by atoms with E-state index in [1.165, 1.54) is 22.8 Å². The first kappa shape index (κ1) is 17.9. The normalized spacial score (nSPS) is 13.2. The Balaban J connectivity index is 1.70. The van der Waals surface area contributed by atoms with Crippen LogP contribution in [0.2, 0.25) is 0 Å². The fraction of sp³-hybridized carbons (Fsp3) is 0.211. The highest BCUT2D eigenvalue weighted by molar-refractivity contribution is 6.06. The third kappa shape index (κ3) is 3.04. The number of nitrogens with one attached hydrogen (secondary N) is 1. The van der Waals surface area contributed by atoms with Gasteiger partial charge >= 0.3 is 5.69 Å². The number of halogens is 2. The molecule has 1 aliphatic heterocycles. The summed E-state index contributed by atoms with van der Waals surface area (Å²) in [5.41, 5.74) is -1.25. The molecular formula is C19H16F2N4O3. The Morgan fingerprint density at radius 3 is 2.68 bits per heavy atom. The summed E-state index contributed by atoms with van der Waals surface area (Å²) in [5, 5.41) is 16.6. The molecule has 4 rings (SSSR count). The number of rotatable bonds is 3. The minimum absolute atomic E-state index is 0.102. The summed E-state index contributed by atoms with van der Waals surface area (Å²) in [4.78, 5) is 24.8. The fourth-order valence-corrected chi connectivity index (χ4v) is 3.20. The van der Waals surface area contributed by atoms with Gasteiger partial charge in [0.05, 0.1) is 11.3 Å². The molecule has 0 fully saturated rings. The average molecular weight is 386 g/mol. The lowest BCUT2D eigenvalue weighted by molar-refractivity contribution is 0.102. The highest BCUT2D eigenvalue weighted by Gasteiger charge is 2.22. The average Bonchev–Trinajstić information content (AvgIpc) is 3.02. The van der Waals surface area contributed by atoms with Gasteiger partial charge in [-0.3, -0.25) is 9.36 Å². The van der Waals surface area contributed by atoms with Crippen molar-refractivity contribution in [2.45, 2.75) is 25.8 Å². The van der Waals surface area contributed by atoms with Gasteiger partial charge in [-0.05, 0) is 31.0 Å². The molecule has 1 aromatic heterocycles. The molecule has 0 saturated heterocycles. The number of hydrogen-bond acceptors (Lipinski definition) is 4. The summed E-state index contributed by atoms with van der Waals surface area (Å²) in [6.07, 6.45) is 2.33. The minimum Gasteiger partial charge on any atom is -0.507 e. The number of aryl methyl sites for hydroxylation is 1. The molecule has 2 heterocycles. The number of aromatic nitrogens is 3. The number of phenolic OH excluding ortho intramolecular Hbond substituents is 1. The third-order valence-electron chi connectivity index (χ3n) is 4.63. The first-order chi connectivity index (χ1) is 13.5. The van der Waals surface area contributed by atoms with Gasteiger partial charge in [-0.2, -0.15) is 4.68 Å². The number of carbonyl (C=O) groups excluding carboxylic acids is 1. The molecular weight excluding hydrogens is 370 g/mol. The van der Waals surface area contributed by atoms with E-state index >= 15 is 0 Å². The molecule has 0 atom stereocenters. The van der Waals surface area contributed by atoms with Crippen molar-refractivity contribution in [3.63, 3.8) is 0 Å². The van der Waals surface area contributed by atoms with Gasteiger partial charge in [0, 0.05) is 19.0 Å². The van der Waals surface area contributed by atoms with Crippen molar-refractivity contribution in [3.8, 4) is 11.4 Å². The van der Waals surface area contributed by atoms with Crippen LogP contribution in [0.5, 0.6) is 5.75 Å². The van der Waals surface area contributed by atoms with Gasteiger partial charge in [0.25, 0.3) is 5.91 Å². The SMILES string of the molecule is O=C(Nc1ccccc1F)c1cc(F)c(-n2nc3n(c2=O)CCCC3)cc1O. The van der Waals surface area contributed by atoms with Crippen molar-refractivity contribution >= 4 is 11.6 Å². The Bertz CT molecular complexity index is 1140. The number of aromatic hydroxyl groups is 1. The van der Waals surface area contributed by atoms with Crippen LogP contribution in [0.1, 0.15) is 29.0 Å². The highest BCUT2D eigenvalue weighted by Crippen LogP contribution is 2.25. The lowest BCUT2D eigenvalue weighted by Crippen LogP contribution is -2.26. The molecule has 144 valence electrons. The summed E-state index contributed by atoms with van der Waals surface area (Å²) >= 11 is 0. The largest absolute Gasteiger partial charge is 0.507 e. The maximum Gasteiger partial charge on any atom is 0.350 e. The van der Waals surface area contributed by atoms with Gasteiger partial charge in [-0.25, -0.2) is 13.6 Å². The summed E-state index contributed by atoms with van der Waals surface area (Å²) < 4.78 is 30.7. The quantitative estimate of drug-likeness (QED) is 0.724. The number of para-hydroxylation sites is 1. The second-order valence-electron chi connectivity index (χ2n) is 6.47. The van der Waals surface area contributed by atoms with Crippen LogP contribution in [0.4, 0.5) is 14.5 Å². The number of anilines is 1. The van der Waals surface area contributed by atoms with Gasteiger partial charge in [-0.15, -0.1) is 5.10 Å². The second-order valence-corrected chi connectivity index (χ2v) is 6.47. The van der Waals surface area contributed by atoms with Crippen LogP contribution in [0.25, 0.3) is 5.69 Å². The van der Waals surface area contributed by atoms with Gasteiger partial charge in [0.1, 0.15) is 28.9 Å². The molecule has 0 radical (unpaired) electrons. The Morgan fingerprint density at radius 2 is 1.93 bits per heavy atom. The molecule has 0 saturated carbocycles. The summed E-state index contributed by atoms with van der Waals surface area (Å²) in [6, 6.07) is 7.24. The van der Waals surface area contributed by atoms with Crippen LogP contribution in [0.15, 0.2) is 41.2 Å². The topological polar surface area (TPSA) is 89.2 Å². The van der Waals surface area contributed by atoms with Crippen LogP contribution in [-0.4, -0.2) is 25.4 Å². The number of hydrogen-bond donors (Lipinski definition) is 2. The lowest BCUT2D eigenvalue weighted by atomic mass is 10.1. The summed E-state index contributed by atoms with van der Waals surface area (Å²) in [5.74, 6) is -2.46. The maximum atomic E-state index is 14.7. The fourth-order valence-electron chi connectivity index (χ4n) is 3.20. The molecule has 3 aromatic rings. The van der Waals surface area contributed by atoms with E-state index in [0.717, 1.165) is 35.7 Å². The molecule has 2 N–H and O–H groups in total. The smallest absolute Gasteiger partial charge is 0.350 e. The van der Waals surface area contributed by atoms with E-state index in [0.29, 0.717) is 18.8 Å². The number of benzene rings is 2. The summed E-state index contributed by atoms with van der Waals surface area (Å²) in [7, 11) is 0. The monoisotopic (exact) mass is 386 g/mol. The molecule has 0 aliphatic carbocycles. The first-order valence-corrected chi connectivity index (χ1v) is 8.73. The predicted molar refractivity (Wildman–Crippen MR) is 96.7 cm³/mol. The molecule has 7 nitrogen and oxygen atoms in total. The molecule has 28 heavy (non-hydrogen) atoms. The van der Waals surface area contributed by atoms with E-state index in [2.05, 4.69) is 10.4 Å². The Morgan fingerprint density at radius 1 is 1.14 bits per heavy atom. The van der Waals surface area contributed by atoms with Gasteiger partial charge in [0.2, 0.25) is 0 Å². The van der Waals surface area contributed by atoms with Crippen LogP contribution < -0.4 is 11.0 Å². The van der Waals surface area contributed by atoms with E-state index in [4.69, 9.17) is 0 Å². The zero-order valence-corrected chi connectivity index (χ0v) is 14.7. The molecule has 1 amide bonds. The molecule has 2 aromatic carbocycles. The van der Waals surface area contributed by atoms with E-state index in [-0.39, 0.29) is 16.9 Å². The van der Waals surface area contributed by atoms with Crippen molar-refractivity contribution in [1.29, 1.82) is 0 Å². The Kier molecular flexibility index (Phi) is 4.42. The second kappa shape index (κ2) is 6.91. The standard InChI is InChI=1S/C19H16F2N4O3/c20-12-5-1-2-6-14(12)22-18(27)11-9-13(21)15(10-16(11)26)25-19(28)24-8-4-3-7-17(24)23-25/h1-2,5-6,9-10,26H,3-4,7-8H2,(H,22,27). The zero-order chi connectivity index (χ0) is 19.8. The van der Waals surface area contributed by atoms with Crippen molar-refractivity contribution in [1.82, 2.24) is 14.3 Å². The van der Waals surface area contributed by atoms with Crippen molar-refractivity contribution in [2.24, 2.45) is 0 Å². The van der Waals surface area contributed by atoms with Crippen molar-refractivity contribution in [3.05, 3.63) is 69.9 Å². The van der Waals surface area contributed by atoms with Crippen LogP contribution in [0.3, 0.4) is 0 Å². The number of amides is 1. The van der Waals surface area contributed by atoms with E-state index in [1.807, 2.05) is 0 Å². The van der Waals surface area contributed by atoms with Crippen LogP contribution >= 0.6 is 0 Å². The molecule has 0 bridgehead atoms. The number of phenols is 1. The van der Waals surface area contributed by atoms with E-state index in [9.17, 15) is 23.5 Å². The maximum absolute atomic E-state index is 14.7. The molecule has 1 aliphatic rings. The number of nitrogens with zero attached hydrogens (tertiary/aromatic N) is 3. The summed E-state index contributed by atoms with van der Waals surface area (Å²) in [6.45, 7) is 0.505. The van der Waals surface area contributed by atoms with Crippen molar-refractivity contribution < 1.29 is 18.7 Å². The highest BCUT2D eigenvalue weighted by atomic mass is 19.1. The third-order valence-corrected chi connectivity index (χ3v) is 4.63. The Hall–Kier alpha value is -3.49. The lowest BCUT2D eigenvalue weighted by Gasteiger charge is -2.10. The molecule has 0 unspecified atom stereocenters. The predicted octanol–water partition coefficient (Wildman–Crippen LogP) is 2.61. The van der Waals surface area contributed by atoms with Crippen molar-refractivity contribution in [2.75, 3.05) is 5.32 Å². The number of fused-ring (bicyclic) bond motifs is 1. The minimum atomic E-state index is -0.908. The van der Waals surface area contributed by atoms with E-state index in [1.54, 1.807) is 0 Å². The van der Waals surface area contributed by atoms with Gasteiger partial charge < -0.3 is 10.4 Å². The molecule has 0 spiro atoms. The molecule has 9 heteroatoms. The Labute approximate surface area is 157 Å². The van der Waals surface area contributed by atoms with Crippen LogP contribution in [-0.2, 0) is 13.0 Å². The van der Waals surface area contributed by atoms with Crippen LogP contribution in [0, 0.1) is 11.6 Å². The number of carbonyl (C=O) groups is 1. The van der Waals surface area contributed by atoms with E-state index < -0.39 is 29.0 Å². The van der Waals surface area contributed by atoms with Gasteiger partial charge in [0.15, 0.2) is 0 Å².